The average Bonchev–Trinajstić information content (AvgIpc) is 2.39. The summed E-state index contributed by atoms with van der Waals surface area (Å²) < 4.78 is 5.47. The molecule has 2 heteroatoms. The number of ether oxygens (including phenoxy) is 1. The van der Waals surface area contributed by atoms with Crippen LogP contribution in [0.4, 0.5) is 0 Å². The van der Waals surface area contributed by atoms with E-state index in [1.54, 1.807) is 0 Å². The van der Waals surface area contributed by atoms with Gasteiger partial charge in [0.1, 0.15) is 5.75 Å². The molecule has 0 saturated carbocycles. The largest absolute Gasteiger partial charge is 0.494 e. The van der Waals surface area contributed by atoms with E-state index in [-0.39, 0.29) is 0 Å². The molecule has 0 aliphatic rings. The SMILES string of the molecule is CCCNCC(C)C(C)c1ccc(OCC)cc1. The Kier molecular flexibility index (Phi) is 6.81. The van der Waals surface area contributed by atoms with Crippen LogP contribution in [0.3, 0.4) is 0 Å². The van der Waals surface area contributed by atoms with Crippen molar-refractivity contribution in [3.63, 3.8) is 0 Å². The fourth-order valence-corrected chi connectivity index (χ4v) is 2.05. The molecule has 0 heterocycles. The van der Waals surface area contributed by atoms with E-state index in [1.807, 2.05) is 6.92 Å². The maximum Gasteiger partial charge on any atom is 0.119 e. The van der Waals surface area contributed by atoms with E-state index < -0.39 is 0 Å². The van der Waals surface area contributed by atoms with E-state index in [0.717, 1.165) is 25.4 Å². The Morgan fingerprint density at radius 1 is 1.11 bits per heavy atom. The molecule has 1 aromatic rings. The normalized spacial score (nSPS) is 14.2. The van der Waals surface area contributed by atoms with Crippen molar-refractivity contribution in [1.82, 2.24) is 5.32 Å². The molecule has 2 unspecified atom stereocenters. The van der Waals surface area contributed by atoms with Gasteiger partial charge in [-0.2, -0.15) is 0 Å². The van der Waals surface area contributed by atoms with Crippen molar-refractivity contribution >= 4 is 0 Å². The highest BCUT2D eigenvalue weighted by atomic mass is 16.5. The van der Waals surface area contributed by atoms with Gasteiger partial charge >= 0.3 is 0 Å². The first-order chi connectivity index (χ1) is 8.69. The van der Waals surface area contributed by atoms with E-state index in [0.29, 0.717) is 11.8 Å². The summed E-state index contributed by atoms with van der Waals surface area (Å²) in [6, 6.07) is 8.51. The van der Waals surface area contributed by atoms with Crippen molar-refractivity contribution in [3.8, 4) is 5.75 Å². The molecule has 2 nitrogen and oxygen atoms in total. The molecule has 0 bridgehead atoms. The molecular weight excluding hydrogens is 222 g/mol. The van der Waals surface area contributed by atoms with Gasteiger partial charge in [-0.1, -0.05) is 32.9 Å². The standard InChI is InChI=1S/C16H27NO/c1-5-11-17-12-13(3)14(4)15-7-9-16(10-8-15)18-6-2/h7-10,13-14,17H,5-6,11-12H2,1-4H3. The fourth-order valence-electron chi connectivity index (χ4n) is 2.05. The monoisotopic (exact) mass is 249 g/mol. The summed E-state index contributed by atoms with van der Waals surface area (Å²) in [5.41, 5.74) is 1.39. The highest BCUT2D eigenvalue weighted by Gasteiger charge is 2.13. The van der Waals surface area contributed by atoms with Crippen LogP contribution < -0.4 is 10.1 Å². The first-order valence-corrected chi connectivity index (χ1v) is 7.12. The first kappa shape index (κ1) is 15.0. The van der Waals surface area contributed by atoms with Gasteiger partial charge in [0.25, 0.3) is 0 Å². The zero-order valence-electron chi connectivity index (χ0n) is 12.2. The van der Waals surface area contributed by atoms with E-state index >= 15 is 0 Å². The summed E-state index contributed by atoms with van der Waals surface area (Å²) in [7, 11) is 0. The molecule has 0 fully saturated rings. The van der Waals surface area contributed by atoms with Gasteiger partial charge in [0.2, 0.25) is 0 Å². The second kappa shape index (κ2) is 8.15. The molecule has 0 spiro atoms. The maximum atomic E-state index is 5.47. The fraction of sp³-hybridized carbons (Fsp3) is 0.625. The predicted octanol–water partition coefficient (Wildman–Crippen LogP) is 3.82. The Hall–Kier alpha value is -1.02. The quantitative estimate of drug-likeness (QED) is 0.707. The number of hydrogen-bond acceptors (Lipinski definition) is 2. The van der Waals surface area contributed by atoms with Gasteiger partial charge < -0.3 is 10.1 Å². The molecular formula is C16H27NO. The molecule has 0 radical (unpaired) electrons. The van der Waals surface area contributed by atoms with Crippen molar-refractivity contribution in [2.24, 2.45) is 5.92 Å². The molecule has 1 aromatic carbocycles. The average molecular weight is 249 g/mol. The number of hydrogen-bond donors (Lipinski definition) is 1. The van der Waals surface area contributed by atoms with Crippen LogP contribution in [-0.4, -0.2) is 19.7 Å². The van der Waals surface area contributed by atoms with Gasteiger partial charge in [-0.15, -0.1) is 0 Å². The minimum absolute atomic E-state index is 0.574. The molecule has 0 aliphatic carbocycles. The lowest BCUT2D eigenvalue weighted by Gasteiger charge is -2.21. The third-order valence-electron chi connectivity index (χ3n) is 3.46. The second-order valence-corrected chi connectivity index (χ2v) is 4.97. The highest BCUT2D eigenvalue weighted by molar-refractivity contribution is 5.29. The van der Waals surface area contributed by atoms with Crippen LogP contribution in [0.15, 0.2) is 24.3 Å². The smallest absolute Gasteiger partial charge is 0.119 e. The number of rotatable bonds is 8. The van der Waals surface area contributed by atoms with E-state index in [9.17, 15) is 0 Å². The Bertz CT molecular complexity index is 320. The summed E-state index contributed by atoms with van der Waals surface area (Å²) in [5.74, 6) is 2.18. The second-order valence-electron chi connectivity index (χ2n) is 4.97. The van der Waals surface area contributed by atoms with Crippen LogP contribution in [-0.2, 0) is 0 Å². The van der Waals surface area contributed by atoms with E-state index in [1.165, 1.54) is 12.0 Å². The zero-order chi connectivity index (χ0) is 13.4. The number of benzene rings is 1. The van der Waals surface area contributed by atoms with Crippen molar-refractivity contribution in [1.29, 1.82) is 0 Å². The summed E-state index contributed by atoms with van der Waals surface area (Å²) in [6.45, 7) is 11.7. The Balaban J connectivity index is 2.51. The molecule has 18 heavy (non-hydrogen) atoms. The van der Waals surface area contributed by atoms with Gasteiger partial charge in [-0.3, -0.25) is 0 Å². The maximum absolute atomic E-state index is 5.47. The lowest BCUT2D eigenvalue weighted by atomic mass is 9.89. The first-order valence-electron chi connectivity index (χ1n) is 7.12. The van der Waals surface area contributed by atoms with Crippen LogP contribution in [0.5, 0.6) is 5.75 Å². The summed E-state index contributed by atoms with van der Waals surface area (Å²) in [5, 5.41) is 3.49. The molecule has 0 amide bonds. The van der Waals surface area contributed by atoms with Crippen LogP contribution in [0, 0.1) is 5.92 Å². The van der Waals surface area contributed by atoms with Gasteiger partial charge in [-0.25, -0.2) is 0 Å². The van der Waals surface area contributed by atoms with Crippen molar-refractivity contribution < 1.29 is 4.74 Å². The minimum Gasteiger partial charge on any atom is -0.494 e. The molecule has 0 aromatic heterocycles. The summed E-state index contributed by atoms with van der Waals surface area (Å²) in [4.78, 5) is 0. The van der Waals surface area contributed by atoms with E-state index in [2.05, 4.69) is 50.4 Å². The summed E-state index contributed by atoms with van der Waals surface area (Å²) >= 11 is 0. The third-order valence-corrected chi connectivity index (χ3v) is 3.46. The Morgan fingerprint density at radius 2 is 1.78 bits per heavy atom. The van der Waals surface area contributed by atoms with Crippen LogP contribution in [0.1, 0.15) is 45.6 Å². The predicted molar refractivity (Wildman–Crippen MR) is 78.4 cm³/mol. The van der Waals surface area contributed by atoms with Gasteiger partial charge in [-0.05, 0) is 56.0 Å². The van der Waals surface area contributed by atoms with Crippen LogP contribution in [0.25, 0.3) is 0 Å². The van der Waals surface area contributed by atoms with Crippen molar-refractivity contribution in [2.45, 2.75) is 40.0 Å². The third kappa shape index (κ3) is 4.69. The lowest BCUT2D eigenvalue weighted by molar-refractivity contribution is 0.340. The highest BCUT2D eigenvalue weighted by Crippen LogP contribution is 2.25. The Labute approximate surface area is 112 Å². The number of nitrogens with one attached hydrogen (secondary N) is 1. The molecule has 0 aliphatic heterocycles. The van der Waals surface area contributed by atoms with Crippen molar-refractivity contribution in [3.05, 3.63) is 29.8 Å². The summed E-state index contributed by atoms with van der Waals surface area (Å²) in [6.07, 6.45) is 1.20. The van der Waals surface area contributed by atoms with Gasteiger partial charge in [0, 0.05) is 0 Å². The van der Waals surface area contributed by atoms with Crippen molar-refractivity contribution in [2.75, 3.05) is 19.7 Å². The minimum atomic E-state index is 0.574. The molecule has 2 atom stereocenters. The van der Waals surface area contributed by atoms with Crippen LogP contribution >= 0.6 is 0 Å². The molecule has 0 saturated heterocycles. The Morgan fingerprint density at radius 3 is 2.33 bits per heavy atom. The van der Waals surface area contributed by atoms with Gasteiger partial charge in [0.15, 0.2) is 0 Å². The molecule has 1 rings (SSSR count). The molecule has 1 N–H and O–H groups in total. The zero-order valence-corrected chi connectivity index (χ0v) is 12.2. The lowest BCUT2D eigenvalue weighted by Crippen LogP contribution is -2.25. The van der Waals surface area contributed by atoms with E-state index in [4.69, 9.17) is 4.74 Å². The van der Waals surface area contributed by atoms with Crippen LogP contribution in [0.2, 0.25) is 0 Å². The topological polar surface area (TPSA) is 21.3 Å². The van der Waals surface area contributed by atoms with Gasteiger partial charge in [0.05, 0.1) is 6.61 Å². The molecule has 102 valence electrons.